The summed E-state index contributed by atoms with van der Waals surface area (Å²) >= 11 is 1.98. The number of halogens is 3. The quantitative estimate of drug-likeness (QED) is 0.784. The number of thioether (sulfide) groups is 1. The third-order valence-electron chi connectivity index (χ3n) is 3.85. The van der Waals surface area contributed by atoms with Crippen molar-refractivity contribution in [2.24, 2.45) is 0 Å². The van der Waals surface area contributed by atoms with Crippen molar-refractivity contribution < 1.29 is 27.6 Å². The SMILES string of the molecule is Cc1nc(Cc2cccc(C(F)(F)F)c2)sc1NC(=O)CN1C(=O)CSC1=O. The molecule has 11 heteroatoms. The van der Waals surface area contributed by atoms with Crippen molar-refractivity contribution in [1.82, 2.24) is 9.88 Å². The number of thiazole rings is 1. The molecule has 1 aliphatic rings. The van der Waals surface area contributed by atoms with E-state index in [0.29, 0.717) is 21.3 Å². The number of hydrogen-bond donors (Lipinski definition) is 1. The van der Waals surface area contributed by atoms with Gasteiger partial charge in [0.05, 0.1) is 22.0 Å². The molecule has 0 radical (unpaired) electrons. The van der Waals surface area contributed by atoms with Gasteiger partial charge < -0.3 is 5.32 Å². The van der Waals surface area contributed by atoms with Crippen LogP contribution in [0.3, 0.4) is 0 Å². The Kier molecular flexibility index (Phi) is 5.75. The summed E-state index contributed by atoms with van der Waals surface area (Å²) in [4.78, 5) is 40.4. The Morgan fingerprint density at radius 2 is 2.07 bits per heavy atom. The Morgan fingerprint density at radius 1 is 1.32 bits per heavy atom. The number of carbonyl (C=O) groups is 3. The molecule has 0 spiro atoms. The second-order valence-electron chi connectivity index (χ2n) is 5.98. The van der Waals surface area contributed by atoms with Gasteiger partial charge in [-0.3, -0.25) is 19.3 Å². The summed E-state index contributed by atoms with van der Waals surface area (Å²) in [7, 11) is 0. The topological polar surface area (TPSA) is 79.4 Å². The Labute approximate surface area is 166 Å². The van der Waals surface area contributed by atoms with Gasteiger partial charge in [-0.05, 0) is 18.6 Å². The fourth-order valence-electron chi connectivity index (χ4n) is 2.52. The number of nitrogens with one attached hydrogen (secondary N) is 1. The van der Waals surface area contributed by atoms with Gasteiger partial charge in [-0.25, -0.2) is 4.98 Å². The minimum atomic E-state index is -4.42. The molecule has 0 aliphatic carbocycles. The number of benzene rings is 1. The van der Waals surface area contributed by atoms with E-state index in [1.54, 1.807) is 13.0 Å². The van der Waals surface area contributed by atoms with Crippen LogP contribution in [0, 0.1) is 6.92 Å². The molecule has 148 valence electrons. The fraction of sp³-hybridized carbons (Fsp3) is 0.294. The third-order valence-corrected chi connectivity index (χ3v) is 5.78. The number of anilines is 1. The zero-order chi connectivity index (χ0) is 20.5. The van der Waals surface area contributed by atoms with E-state index < -0.39 is 28.8 Å². The van der Waals surface area contributed by atoms with Crippen LogP contribution in [0.4, 0.5) is 23.0 Å². The van der Waals surface area contributed by atoms with Gasteiger partial charge in [-0.1, -0.05) is 30.0 Å². The van der Waals surface area contributed by atoms with Crippen LogP contribution in [0.25, 0.3) is 0 Å². The predicted molar refractivity (Wildman–Crippen MR) is 99.3 cm³/mol. The van der Waals surface area contributed by atoms with Gasteiger partial charge in [0.25, 0.3) is 5.24 Å². The molecule has 3 rings (SSSR count). The standard InChI is InChI=1S/C17H14F3N3O3S2/c1-9-15(22-12(24)7-23-14(25)8-27-16(23)26)28-13(21-9)6-10-3-2-4-11(5-10)17(18,19)20/h2-5H,6-8H2,1H3,(H,22,24). The summed E-state index contributed by atoms with van der Waals surface area (Å²) in [6.07, 6.45) is -4.23. The molecule has 1 N–H and O–H groups in total. The summed E-state index contributed by atoms with van der Waals surface area (Å²) < 4.78 is 38.5. The molecule has 1 fully saturated rings. The van der Waals surface area contributed by atoms with Crippen molar-refractivity contribution in [1.29, 1.82) is 0 Å². The lowest BCUT2D eigenvalue weighted by Crippen LogP contribution is -2.36. The van der Waals surface area contributed by atoms with E-state index in [2.05, 4.69) is 10.3 Å². The second kappa shape index (κ2) is 7.92. The van der Waals surface area contributed by atoms with Gasteiger partial charge in [0.2, 0.25) is 11.8 Å². The Morgan fingerprint density at radius 3 is 2.71 bits per heavy atom. The summed E-state index contributed by atoms with van der Waals surface area (Å²) in [5.41, 5.74) is 0.227. The molecule has 3 amide bonds. The predicted octanol–water partition coefficient (Wildman–Crippen LogP) is 3.70. The molecule has 1 aliphatic heterocycles. The maximum Gasteiger partial charge on any atom is 0.416 e. The normalized spacial score (nSPS) is 14.6. The maximum atomic E-state index is 12.8. The molecular formula is C17H14F3N3O3S2. The van der Waals surface area contributed by atoms with Crippen LogP contribution in [0.1, 0.15) is 21.8 Å². The van der Waals surface area contributed by atoms with Crippen LogP contribution in [0.5, 0.6) is 0 Å². The molecule has 28 heavy (non-hydrogen) atoms. The number of carbonyl (C=O) groups excluding carboxylic acids is 3. The zero-order valence-corrected chi connectivity index (χ0v) is 16.1. The van der Waals surface area contributed by atoms with Crippen LogP contribution in [0.2, 0.25) is 0 Å². The lowest BCUT2D eigenvalue weighted by atomic mass is 10.1. The van der Waals surface area contributed by atoms with E-state index in [1.165, 1.54) is 6.07 Å². The highest BCUT2D eigenvalue weighted by Gasteiger charge is 2.32. The van der Waals surface area contributed by atoms with Crippen molar-refractivity contribution in [3.05, 3.63) is 46.1 Å². The van der Waals surface area contributed by atoms with Crippen molar-refractivity contribution in [2.45, 2.75) is 19.5 Å². The average molecular weight is 429 g/mol. The number of nitrogens with zero attached hydrogens (tertiary/aromatic N) is 2. The zero-order valence-electron chi connectivity index (χ0n) is 14.5. The monoisotopic (exact) mass is 429 g/mol. The molecular weight excluding hydrogens is 415 g/mol. The van der Waals surface area contributed by atoms with E-state index in [4.69, 9.17) is 0 Å². The van der Waals surface area contributed by atoms with Crippen molar-refractivity contribution in [3.63, 3.8) is 0 Å². The molecule has 0 atom stereocenters. The number of amides is 3. The summed E-state index contributed by atoms with van der Waals surface area (Å²) in [5, 5.41) is 3.10. The van der Waals surface area contributed by atoms with E-state index in [0.717, 1.165) is 40.1 Å². The molecule has 0 saturated carbocycles. The largest absolute Gasteiger partial charge is 0.416 e. The van der Waals surface area contributed by atoms with Gasteiger partial charge in [0, 0.05) is 6.42 Å². The van der Waals surface area contributed by atoms with Crippen LogP contribution >= 0.6 is 23.1 Å². The second-order valence-corrected chi connectivity index (χ2v) is 7.99. The van der Waals surface area contributed by atoms with Gasteiger partial charge in [-0.15, -0.1) is 11.3 Å². The third kappa shape index (κ3) is 4.71. The van der Waals surface area contributed by atoms with E-state index in [1.807, 2.05) is 0 Å². The highest BCUT2D eigenvalue weighted by atomic mass is 32.2. The van der Waals surface area contributed by atoms with Gasteiger partial charge in [-0.2, -0.15) is 13.2 Å². The highest BCUT2D eigenvalue weighted by molar-refractivity contribution is 8.14. The van der Waals surface area contributed by atoms with Crippen LogP contribution < -0.4 is 5.32 Å². The number of hydrogen-bond acceptors (Lipinski definition) is 6. The first kappa shape index (κ1) is 20.3. The van der Waals surface area contributed by atoms with Gasteiger partial charge in [0.15, 0.2) is 0 Å². The van der Waals surface area contributed by atoms with Crippen LogP contribution in [0.15, 0.2) is 24.3 Å². The first-order valence-corrected chi connectivity index (χ1v) is 9.83. The average Bonchev–Trinajstić information content (AvgIpc) is 3.10. The number of aromatic nitrogens is 1. The number of imide groups is 1. The van der Waals surface area contributed by atoms with Crippen molar-refractivity contribution >= 4 is 45.2 Å². The molecule has 0 unspecified atom stereocenters. The minimum Gasteiger partial charge on any atom is -0.315 e. The lowest BCUT2D eigenvalue weighted by Gasteiger charge is -2.11. The molecule has 2 heterocycles. The van der Waals surface area contributed by atoms with E-state index in [-0.39, 0.29) is 18.7 Å². The maximum absolute atomic E-state index is 12.8. The first-order valence-electron chi connectivity index (χ1n) is 8.03. The molecule has 1 saturated heterocycles. The summed E-state index contributed by atoms with van der Waals surface area (Å²) in [5.74, 6) is -0.940. The molecule has 1 aromatic heterocycles. The highest BCUT2D eigenvalue weighted by Crippen LogP contribution is 2.31. The summed E-state index contributed by atoms with van der Waals surface area (Å²) in [6.45, 7) is 1.27. The molecule has 2 aromatic rings. The van der Waals surface area contributed by atoms with Crippen LogP contribution in [-0.4, -0.2) is 39.2 Å². The fourth-order valence-corrected chi connectivity index (χ4v) is 4.26. The van der Waals surface area contributed by atoms with Crippen LogP contribution in [-0.2, 0) is 22.2 Å². The van der Waals surface area contributed by atoms with Gasteiger partial charge in [0.1, 0.15) is 11.5 Å². The first-order chi connectivity index (χ1) is 13.1. The summed E-state index contributed by atoms with van der Waals surface area (Å²) in [6, 6.07) is 4.98. The molecule has 0 bridgehead atoms. The van der Waals surface area contributed by atoms with Crippen molar-refractivity contribution in [3.8, 4) is 0 Å². The van der Waals surface area contributed by atoms with Crippen molar-refractivity contribution in [2.75, 3.05) is 17.6 Å². The minimum absolute atomic E-state index is 0.0207. The number of alkyl halides is 3. The van der Waals surface area contributed by atoms with E-state index in [9.17, 15) is 27.6 Å². The van der Waals surface area contributed by atoms with Gasteiger partial charge >= 0.3 is 6.18 Å². The Bertz CT molecular complexity index is 927. The molecule has 1 aromatic carbocycles. The number of aryl methyl sites for hydroxylation is 1. The Hall–Kier alpha value is -2.40. The Balaban J connectivity index is 1.67. The lowest BCUT2D eigenvalue weighted by molar-refractivity contribution is -0.137. The smallest absolute Gasteiger partial charge is 0.315 e. The van der Waals surface area contributed by atoms with E-state index >= 15 is 0 Å². The molecule has 6 nitrogen and oxygen atoms in total. The number of rotatable bonds is 5.